The second-order valence-corrected chi connectivity index (χ2v) is 5.11. The predicted molar refractivity (Wildman–Crippen MR) is 83.0 cm³/mol. The Hall–Kier alpha value is -2.38. The molecule has 0 aliphatic carbocycles. The predicted octanol–water partition coefficient (Wildman–Crippen LogP) is 0.739. The van der Waals surface area contributed by atoms with Crippen molar-refractivity contribution < 1.29 is 24.2 Å². The van der Waals surface area contributed by atoms with E-state index in [-0.39, 0.29) is 31.0 Å². The summed E-state index contributed by atoms with van der Waals surface area (Å²) in [6, 6.07) is 6.14. The van der Waals surface area contributed by atoms with Gasteiger partial charge in [0.1, 0.15) is 5.70 Å². The first-order valence-corrected chi connectivity index (χ1v) is 7.14. The van der Waals surface area contributed by atoms with E-state index in [1.165, 1.54) is 24.1 Å². The summed E-state index contributed by atoms with van der Waals surface area (Å²) in [6.07, 6.45) is 0. The Labute approximate surface area is 137 Å². The van der Waals surface area contributed by atoms with Gasteiger partial charge in [-0.25, -0.2) is 4.79 Å². The molecule has 1 heterocycles. The third-order valence-electron chi connectivity index (χ3n) is 3.33. The average Bonchev–Trinajstić information content (AvgIpc) is 2.84. The van der Waals surface area contributed by atoms with E-state index in [0.717, 1.165) is 0 Å². The minimum absolute atomic E-state index is 0.0622. The minimum atomic E-state index is -0.617. The van der Waals surface area contributed by atoms with E-state index in [1.54, 1.807) is 12.1 Å². The van der Waals surface area contributed by atoms with Crippen LogP contribution < -0.4 is 5.32 Å². The van der Waals surface area contributed by atoms with Crippen LogP contribution in [0.4, 0.5) is 5.69 Å². The first-order chi connectivity index (χ1) is 11.0. The fraction of sp³-hybridized carbons (Fsp3) is 0.267. The van der Waals surface area contributed by atoms with E-state index in [2.05, 4.69) is 10.1 Å². The number of benzene rings is 1. The van der Waals surface area contributed by atoms with Crippen molar-refractivity contribution in [3.05, 3.63) is 41.1 Å². The summed E-state index contributed by atoms with van der Waals surface area (Å²) < 4.78 is 4.69. The van der Waals surface area contributed by atoms with Crippen molar-refractivity contribution >= 4 is 34.4 Å². The number of rotatable bonds is 6. The minimum Gasteiger partial charge on any atom is -0.466 e. The highest BCUT2D eigenvalue weighted by atomic mass is 35.5. The van der Waals surface area contributed by atoms with Crippen LogP contribution in [0, 0.1) is 0 Å². The lowest BCUT2D eigenvalue weighted by atomic mass is 10.2. The van der Waals surface area contributed by atoms with Gasteiger partial charge in [-0.15, -0.1) is 0 Å². The van der Waals surface area contributed by atoms with E-state index >= 15 is 0 Å². The summed E-state index contributed by atoms with van der Waals surface area (Å²) in [4.78, 5) is 36.5. The number of ether oxygens (including phenoxy) is 1. The molecule has 0 bridgehead atoms. The number of hydrogen-bond donors (Lipinski definition) is 2. The number of halogens is 1. The van der Waals surface area contributed by atoms with Gasteiger partial charge in [0.15, 0.2) is 0 Å². The topological polar surface area (TPSA) is 95.9 Å². The largest absolute Gasteiger partial charge is 0.466 e. The summed E-state index contributed by atoms with van der Waals surface area (Å²) in [5.74, 6) is -1.02. The lowest BCUT2D eigenvalue weighted by molar-refractivity contribution is -0.136. The van der Waals surface area contributed by atoms with Gasteiger partial charge >= 0.3 is 5.97 Å². The Morgan fingerprint density at radius 3 is 2.52 bits per heavy atom. The molecule has 0 atom stereocenters. The molecule has 0 saturated heterocycles. The van der Waals surface area contributed by atoms with Crippen molar-refractivity contribution in [3.63, 3.8) is 0 Å². The van der Waals surface area contributed by atoms with Crippen LogP contribution in [-0.4, -0.2) is 53.9 Å². The quantitative estimate of drug-likeness (QED) is 0.586. The van der Waals surface area contributed by atoms with Crippen LogP contribution in [0.15, 0.2) is 35.5 Å². The second-order valence-electron chi connectivity index (χ2n) is 4.77. The number of carbonyl (C=O) groups is 3. The van der Waals surface area contributed by atoms with E-state index in [4.69, 9.17) is 16.7 Å². The van der Waals surface area contributed by atoms with Gasteiger partial charge in [-0.05, 0) is 35.9 Å². The molecule has 0 aromatic heterocycles. The number of nitrogens with zero attached hydrogens (tertiary/aromatic N) is 1. The van der Waals surface area contributed by atoms with Crippen molar-refractivity contribution in [2.75, 3.05) is 32.1 Å². The molecule has 122 valence electrons. The van der Waals surface area contributed by atoms with Gasteiger partial charge in [-0.2, -0.15) is 0 Å². The molecule has 7 nitrogen and oxygen atoms in total. The summed E-state index contributed by atoms with van der Waals surface area (Å²) in [5.41, 5.74) is 1.11. The van der Waals surface area contributed by atoms with Gasteiger partial charge in [-0.1, -0.05) is 0 Å². The zero-order valence-electron chi connectivity index (χ0n) is 12.3. The maximum Gasteiger partial charge on any atom is 0.337 e. The number of nitrogens with one attached hydrogen (secondary N) is 1. The number of amides is 1. The SMILES string of the molecule is COC(=O)C1=C(Nc2ccc(C(=O)Cl)cc2)C(=O)N(CCO)C1. The first kappa shape index (κ1) is 17.0. The number of carbonyl (C=O) groups excluding carboxylic acids is 3. The number of anilines is 1. The molecule has 2 rings (SSSR count). The molecule has 1 aromatic rings. The molecule has 1 amide bonds. The second kappa shape index (κ2) is 7.26. The van der Waals surface area contributed by atoms with Crippen LogP contribution in [0.2, 0.25) is 0 Å². The smallest absolute Gasteiger partial charge is 0.337 e. The summed E-state index contributed by atoms with van der Waals surface area (Å²) >= 11 is 5.37. The zero-order chi connectivity index (χ0) is 17.0. The maximum atomic E-state index is 12.3. The van der Waals surface area contributed by atoms with Crippen LogP contribution in [0.3, 0.4) is 0 Å². The Balaban J connectivity index is 2.27. The standard InChI is InChI=1S/C15H15ClN2O5/c1-23-15(22)11-8-18(6-7-19)14(21)12(11)17-10-4-2-9(3-5-10)13(16)20/h2-5,17,19H,6-8H2,1H3. The number of β-amino-alcohol motifs (C(OH)–C–C–N with tert-alkyl or cyclic N) is 1. The summed E-state index contributed by atoms with van der Waals surface area (Å²) in [7, 11) is 1.23. The lowest BCUT2D eigenvalue weighted by Gasteiger charge is -2.15. The summed E-state index contributed by atoms with van der Waals surface area (Å²) in [5, 5.41) is 11.3. The molecule has 1 aromatic carbocycles. The number of hydrogen-bond acceptors (Lipinski definition) is 6. The molecule has 2 N–H and O–H groups in total. The highest BCUT2D eigenvalue weighted by Gasteiger charge is 2.34. The molecule has 0 spiro atoms. The van der Waals surface area contributed by atoms with Crippen molar-refractivity contribution in [1.82, 2.24) is 4.90 Å². The van der Waals surface area contributed by atoms with Gasteiger partial charge in [0, 0.05) is 17.8 Å². The van der Waals surface area contributed by atoms with Crippen molar-refractivity contribution in [1.29, 1.82) is 0 Å². The van der Waals surface area contributed by atoms with Gasteiger partial charge < -0.3 is 20.1 Å². The lowest BCUT2D eigenvalue weighted by Crippen LogP contribution is -2.31. The molecular formula is C15H15ClN2O5. The van der Waals surface area contributed by atoms with Crippen LogP contribution in [0.1, 0.15) is 10.4 Å². The van der Waals surface area contributed by atoms with Gasteiger partial charge in [0.2, 0.25) is 0 Å². The monoisotopic (exact) mass is 338 g/mol. The molecular weight excluding hydrogens is 324 g/mol. The number of methoxy groups -OCH3 is 1. The molecule has 1 aliphatic heterocycles. The molecule has 0 fully saturated rings. The molecule has 8 heteroatoms. The maximum absolute atomic E-state index is 12.3. The molecule has 1 aliphatic rings. The Morgan fingerprint density at radius 2 is 2.00 bits per heavy atom. The van der Waals surface area contributed by atoms with Crippen molar-refractivity contribution in [2.45, 2.75) is 0 Å². The highest BCUT2D eigenvalue weighted by Crippen LogP contribution is 2.23. The summed E-state index contributed by atoms with van der Waals surface area (Å²) in [6.45, 7) is -0.0309. The number of esters is 1. The van der Waals surface area contributed by atoms with Crippen LogP contribution in [0.5, 0.6) is 0 Å². The molecule has 0 saturated carbocycles. The molecule has 0 unspecified atom stereocenters. The Morgan fingerprint density at radius 1 is 1.35 bits per heavy atom. The highest BCUT2D eigenvalue weighted by molar-refractivity contribution is 6.67. The molecule has 0 radical (unpaired) electrons. The van der Waals surface area contributed by atoms with E-state index < -0.39 is 17.1 Å². The van der Waals surface area contributed by atoms with Gasteiger partial charge in [0.05, 0.1) is 25.8 Å². The fourth-order valence-electron chi connectivity index (χ4n) is 2.18. The van der Waals surface area contributed by atoms with E-state index in [1.807, 2.05) is 0 Å². The third kappa shape index (κ3) is 3.69. The van der Waals surface area contributed by atoms with Gasteiger partial charge in [0.25, 0.3) is 11.1 Å². The average molecular weight is 339 g/mol. The van der Waals surface area contributed by atoms with Crippen molar-refractivity contribution in [3.8, 4) is 0 Å². The van der Waals surface area contributed by atoms with Gasteiger partial charge in [-0.3, -0.25) is 9.59 Å². The van der Waals surface area contributed by atoms with Crippen LogP contribution in [-0.2, 0) is 14.3 Å². The fourth-order valence-corrected chi connectivity index (χ4v) is 2.30. The van der Waals surface area contributed by atoms with E-state index in [9.17, 15) is 14.4 Å². The van der Waals surface area contributed by atoms with Crippen molar-refractivity contribution in [2.24, 2.45) is 0 Å². The van der Waals surface area contributed by atoms with Crippen LogP contribution >= 0.6 is 11.6 Å². The first-order valence-electron chi connectivity index (χ1n) is 6.76. The Kier molecular flexibility index (Phi) is 5.36. The van der Waals surface area contributed by atoms with Crippen LogP contribution in [0.25, 0.3) is 0 Å². The third-order valence-corrected chi connectivity index (χ3v) is 3.55. The Bertz CT molecular complexity index is 669. The number of aliphatic hydroxyl groups excluding tert-OH is 1. The molecule has 23 heavy (non-hydrogen) atoms. The number of aliphatic hydroxyl groups is 1. The zero-order valence-corrected chi connectivity index (χ0v) is 13.1. The normalized spacial score (nSPS) is 14.2. The van der Waals surface area contributed by atoms with E-state index in [0.29, 0.717) is 11.3 Å².